The van der Waals surface area contributed by atoms with E-state index in [1.54, 1.807) is 6.33 Å². The highest BCUT2D eigenvalue weighted by Crippen LogP contribution is 2.32. The molecule has 0 spiro atoms. The highest BCUT2D eigenvalue weighted by Gasteiger charge is 2.29. The van der Waals surface area contributed by atoms with E-state index in [9.17, 15) is 4.79 Å². The van der Waals surface area contributed by atoms with Gasteiger partial charge in [-0.3, -0.25) is 20.1 Å². The van der Waals surface area contributed by atoms with Crippen LogP contribution in [0, 0.1) is 56.3 Å². The van der Waals surface area contributed by atoms with Crippen LogP contribution in [0.25, 0.3) is 0 Å². The molecule has 516 valence electrons. The molecular formula is C78H127N13O2. The van der Waals surface area contributed by atoms with E-state index in [2.05, 4.69) is 276 Å². The van der Waals surface area contributed by atoms with Crippen molar-refractivity contribution in [2.75, 3.05) is 13.1 Å². The fourth-order valence-electron chi connectivity index (χ4n) is 8.71. The number of aryl methyl sites for hydroxylation is 5. The molecule has 15 heteroatoms. The van der Waals surface area contributed by atoms with Crippen LogP contribution in [0.2, 0.25) is 0 Å². The molecule has 0 aliphatic carbocycles. The Bertz CT molecular complexity index is 3120. The van der Waals surface area contributed by atoms with E-state index in [1.165, 1.54) is 45.7 Å². The van der Waals surface area contributed by atoms with Gasteiger partial charge in [0.2, 0.25) is 0 Å². The summed E-state index contributed by atoms with van der Waals surface area (Å²) < 4.78 is 4.98. The fourth-order valence-corrected chi connectivity index (χ4v) is 8.71. The third kappa shape index (κ3) is 33.2. The molecule has 5 aromatic heterocycles. The second-order valence-corrected chi connectivity index (χ2v) is 33.7. The molecule has 0 radical (unpaired) electrons. The maximum absolute atomic E-state index is 10.6. The van der Waals surface area contributed by atoms with Crippen molar-refractivity contribution in [2.45, 2.75) is 282 Å². The van der Waals surface area contributed by atoms with E-state index in [0.717, 1.165) is 71.1 Å². The predicted molar refractivity (Wildman–Crippen MR) is 395 cm³/mol. The van der Waals surface area contributed by atoms with Crippen molar-refractivity contribution >= 4 is 23.1 Å². The standard InChI is InChI=1S/3C9H14N2.3C9H15N.2C8H14N2.C8H12O2/c1-7-5-8(9(2,3)4)11-6-10-7;1-7-10-6-5-8(11-7)9(2,3)4;1-7-5-6-10-8(11-7)9(2,3)4;2*1-7-8(5-6-10-7)9(2,3)4;1-7-5-6-8(10-7)9(2,3)4;1-6-9-5-7(10-6)8(2,3)4;1-6-5-7(10-9-6)8(2,3)4;1-8(2,3)6-4-5-7(9)10-6/h3*5-6H,1-4H3;2*5H,6H2,1-4H3;6H,5H2,1-4H3;2*5H,1-4H3,(H,9,10);4-6H,1-3H3. The topological polar surface area (TPSA) is 198 Å². The van der Waals surface area contributed by atoms with Gasteiger partial charge in [-0.25, -0.2) is 39.7 Å². The molecule has 2 N–H and O–H groups in total. The smallest absolute Gasteiger partial charge is 0.331 e. The van der Waals surface area contributed by atoms with Crippen LogP contribution >= 0.6 is 0 Å². The molecule has 1 atom stereocenters. The fraction of sp³-hybridized carbons (Fsp3) is 0.615. The molecule has 0 saturated heterocycles. The Balaban J connectivity index is 0.000000523. The van der Waals surface area contributed by atoms with Crippen LogP contribution < -0.4 is 0 Å². The number of hydrogen-bond acceptors (Lipinski definition) is 13. The number of hydrogen-bond donors (Lipinski definition) is 2. The van der Waals surface area contributed by atoms with Gasteiger partial charge in [0.25, 0.3) is 0 Å². The van der Waals surface area contributed by atoms with Gasteiger partial charge in [-0.05, 0) is 108 Å². The summed E-state index contributed by atoms with van der Waals surface area (Å²) in [7, 11) is 0. The molecule has 15 nitrogen and oxygen atoms in total. The number of H-pyrrole nitrogens is 2. The summed E-state index contributed by atoms with van der Waals surface area (Å²) in [6, 6.07) is 7.99. The van der Waals surface area contributed by atoms with Crippen LogP contribution in [0.5, 0.6) is 0 Å². The number of carbonyl (C=O) groups is 1. The minimum Gasteiger partial charge on any atom is -0.454 e. The number of rotatable bonds is 0. The molecule has 0 aromatic carbocycles. The average Bonchev–Trinajstić information content (AvgIpc) is 2.02. The largest absolute Gasteiger partial charge is 0.454 e. The summed E-state index contributed by atoms with van der Waals surface area (Å²) in [4.78, 5) is 56.1. The van der Waals surface area contributed by atoms with Crippen LogP contribution in [0.15, 0.2) is 111 Å². The van der Waals surface area contributed by atoms with Crippen molar-refractivity contribution in [3.8, 4) is 0 Å². The van der Waals surface area contributed by atoms with Gasteiger partial charge in [0.15, 0.2) is 0 Å². The van der Waals surface area contributed by atoms with E-state index < -0.39 is 0 Å². The molecular weight excluding hydrogens is 1150 g/mol. The Morgan fingerprint density at radius 2 is 1.01 bits per heavy atom. The van der Waals surface area contributed by atoms with Crippen molar-refractivity contribution in [3.05, 3.63) is 154 Å². The summed E-state index contributed by atoms with van der Waals surface area (Å²) in [5.41, 5.74) is 17.0. The summed E-state index contributed by atoms with van der Waals surface area (Å²) in [6.45, 7) is 76.1. The minimum atomic E-state index is -0.222. The van der Waals surface area contributed by atoms with Crippen molar-refractivity contribution < 1.29 is 9.53 Å². The number of aliphatic imine (C=N–C) groups is 3. The summed E-state index contributed by atoms with van der Waals surface area (Å²) >= 11 is 0. The van der Waals surface area contributed by atoms with Gasteiger partial charge in [-0.2, -0.15) is 5.10 Å². The van der Waals surface area contributed by atoms with Gasteiger partial charge in [-0.1, -0.05) is 205 Å². The highest BCUT2D eigenvalue weighted by atomic mass is 16.5. The lowest BCUT2D eigenvalue weighted by molar-refractivity contribution is -0.142. The van der Waals surface area contributed by atoms with Crippen molar-refractivity contribution in [1.29, 1.82) is 0 Å². The lowest BCUT2D eigenvalue weighted by atomic mass is 9.84. The van der Waals surface area contributed by atoms with Crippen molar-refractivity contribution in [2.24, 2.45) is 36.6 Å². The monoisotopic (exact) mass is 1280 g/mol. The van der Waals surface area contributed by atoms with E-state index in [1.807, 2.05) is 98.3 Å². The number of ether oxygens (including phenoxy) is 1. The van der Waals surface area contributed by atoms with E-state index in [-0.39, 0.29) is 60.8 Å². The number of nitrogens with one attached hydrogen (secondary N) is 2. The molecule has 0 amide bonds. The molecule has 0 bridgehead atoms. The van der Waals surface area contributed by atoms with Crippen LogP contribution in [0.3, 0.4) is 0 Å². The van der Waals surface area contributed by atoms with Crippen LogP contribution in [0.1, 0.15) is 271 Å². The normalized spacial score (nSPS) is 15.5. The first-order valence-corrected chi connectivity index (χ1v) is 33.0. The molecule has 4 aliphatic rings. The molecule has 0 fully saturated rings. The maximum Gasteiger partial charge on any atom is 0.331 e. The Hall–Kier alpha value is -6.90. The van der Waals surface area contributed by atoms with Crippen LogP contribution in [-0.4, -0.2) is 92.4 Å². The average molecular weight is 1280 g/mol. The van der Waals surface area contributed by atoms with Crippen LogP contribution in [0.4, 0.5) is 0 Å². The molecule has 93 heavy (non-hydrogen) atoms. The van der Waals surface area contributed by atoms with E-state index >= 15 is 0 Å². The van der Waals surface area contributed by atoms with Crippen molar-refractivity contribution in [3.63, 3.8) is 0 Å². The van der Waals surface area contributed by atoms with Gasteiger partial charge in [-0.15, -0.1) is 0 Å². The number of esters is 1. The summed E-state index contributed by atoms with van der Waals surface area (Å²) in [5, 5.41) is 7.09. The van der Waals surface area contributed by atoms with Gasteiger partial charge in [0, 0.05) is 126 Å². The second kappa shape index (κ2) is 35.0. The molecule has 5 aromatic rings. The predicted octanol–water partition coefficient (Wildman–Crippen LogP) is 19.4. The number of cyclic esters (lactones) is 1. The number of aromatic amines is 2. The molecule has 9 heterocycles. The zero-order chi connectivity index (χ0) is 72.1. The lowest BCUT2D eigenvalue weighted by Crippen LogP contribution is -2.25. The number of imidazole rings is 1. The number of nitrogens with zero attached hydrogens (tertiary/aromatic N) is 11. The van der Waals surface area contributed by atoms with Gasteiger partial charge in [0.1, 0.15) is 29.9 Å². The molecule has 0 saturated carbocycles. The highest BCUT2D eigenvalue weighted by molar-refractivity contribution is 6.01. The zero-order valence-electron chi connectivity index (χ0n) is 64.9. The van der Waals surface area contributed by atoms with Gasteiger partial charge < -0.3 is 9.72 Å². The molecule has 4 aliphatic heterocycles. The number of carbonyl (C=O) groups excluding carboxylic acids is 1. The van der Waals surface area contributed by atoms with E-state index in [0.29, 0.717) is 0 Å². The Labute approximate surface area is 565 Å². The first-order valence-electron chi connectivity index (χ1n) is 33.0. The zero-order valence-corrected chi connectivity index (χ0v) is 64.9. The second-order valence-electron chi connectivity index (χ2n) is 33.7. The first-order chi connectivity index (χ1) is 42.0. The minimum absolute atomic E-state index is 0.0304. The maximum atomic E-state index is 10.6. The first kappa shape index (κ1) is 84.1. The van der Waals surface area contributed by atoms with Crippen LogP contribution in [-0.2, 0) is 36.6 Å². The molecule has 1 unspecified atom stereocenters. The Morgan fingerprint density at radius 3 is 1.25 bits per heavy atom. The summed E-state index contributed by atoms with van der Waals surface area (Å²) in [6.07, 6.45) is 18.1. The third-order valence-electron chi connectivity index (χ3n) is 14.4. The molecule has 9 rings (SSSR count). The third-order valence-corrected chi connectivity index (χ3v) is 14.4. The Morgan fingerprint density at radius 1 is 0.495 bits per heavy atom. The van der Waals surface area contributed by atoms with Crippen molar-refractivity contribution in [1.82, 2.24) is 50.1 Å². The number of allylic oxidation sites excluding steroid dienone is 4. The van der Waals surface area contributed by atoms with Gasteiger partial charge >= 0.3 is 5.97 Å². The SMILES string of the molecule is CC(C)(C)C1C=CC(=O)O1.CC1=NC(C(C)(C)C)=CC1.CC1=NCC=C1C(C)(C)C.CC1=NCC=C1C(C)(C)C.Cc1cc(C(C)(C)C)n[nH]1.Cc1cc(C(C)(C)C)ncn1.Cc1ccnc(C(C)(C)C)n1.Cc1ncc(C(C)(C)C)[nH]1.Cc1nccc(C(C)(C)C)n1. The number of aromatic nitrogens is 10. The summed E-state index contributed by atoms with van der Waals surface area (Å²) in [5.74, 6) is 2.53. The quantitative estimate of drug-likeness (QED) is 0.141. The Kier molecular flexibility index (Phi) is 31.7. The van der Waals surface area contributed by atoms with E-state index in [4.69, 9.17) is 4.74 Å². The van der Waals surface area contributed by atoms with Gasteiger partial charge in [0.05, 0.1) is 18.8 Å². The lowest BCUT2D eigenvalue weighted by Gasteiger charge is -2.23.